The molecule has 0 spiro atoms. The molecule has 0 aliphatic heterocycles. The number of carbonyl (C=O) groups excluding carboxylic acids is 1. The highest BCUT2D eigenvalue weighted by molar-refractivity contribution is 5.85. The lowest BCUT2D eigenvalue weighted by atomic mass is 10.0. The normalized spacial score (nSPS) is 11.6. The van der Waals surface area contributed by atoms with Crippen molar-refractivity contribution in [2.75, 3.05) is 7.11 Å². The lowest BCUT2D eigenvalue weighted by Gasteiger charge is -2.15. The smallest absolute Gasteiger partial charge is 0.326 e. The quantitative estimate of drug-likeness (QED) is 0.804. The van der Waals surface area contributed by atoms with Crippen LogP contribution < -0.4 is 10.1 Å². The maximum absolute atomic E-state index is 13.6. The van der Waals surface area contributed by atoms with Crippen LogP contribution in [0.25, 0.3) is 0 Å². The van der Waals surface area contributed by atoms with E-state index in [9.17, 15) is 23.5 Å². The number of carboxylic acids is 1. The van der Waals surface area contributed by atoms with Crippen LogP contribution in [0.5, 0.6) is 5.75 Å². The van der Waals surface area contributed by atoms with Crippen molar-refractivity contribution < 1.29 is 28.2 Å². The Labute approximate surface area is 143 Å². The Bertz CT molecular complexity index is 759. The number of rotatable bonds is 7. The van der Waals surface area contributed by atoms with E-state index >= 15 is 0 Å². The summed E-state index contributed by atoms with van der Waals surface area (Å²) in [5.74, 6) is -3.17. The van der Waals surface area contributed by atoms with Gasteiger partial charge in [0.1, 0.15) is 23.4 Å². The van der Waals surface area contributed by atoms with Crippen LogP contribution in [0.15, 0.2) is 42.5 Å². The maximum Gasteiger partial charge on any atom is 0.326 e. The average molecular weight is 349 g/mol. The van der Waals surface area contributed by atoms with Crippen molar-refractivity contribution >= 4 is 11.9 Å². The number of aliphatic carboxylic acids is 1. The van der Waals surface area contributed by atoms with E-state index in [1.54, 1.807) is 24.3 Å². The summed E-state index contributed by atoms with van der Waals surface area (Å²) in [6.07, 6.45) is -0.571. The first-order valence-corrected chi connectivity index (χ1v) is 7.48. The van der Waals surface area contributed by atoms with Crippen LogP contribution in [-0.4, -0.2) is 30.1 Å². The SMILES string of the molecule is COc1cccc(C[C@@H](NC(=O)Cc2c(F)cccc2F)C(=O)O)c1. The zero-order valence-electron chi connectivity index (χ0n) is 13.5. The molecule has 0 fully saturated rings. The second-order valence-corrected chi connectivity index (χ2v) is 5.39. The Morgan fingerprint density at radius 1 is 1.16 bits per heavy atom. The van der Waals surface area contributed by atoms with Gasteiger partial charge in [-0.25, -0.2) is 13.6 Å². The molecule has 1 atom stereocenters. The van der Waals surface area contributed by atoms with Gasteiger partial charge in [0, 0.05) is 12.0 Å². The van der Waals surface area contributed by atoms with Gasteiger partial charge in [0.05, 0.1) is 13.5 Å². The van der Waals surface area contributed by atoms with Gasteiger partial charge in [-0.2, -0.15) is 0 Å². The first-order valence-electron chi connectivity index (χ1n) is 7.48. The second-order valence-electron chi connectivity index (χ2n) is 5.39. The van der Waals surface area contributed by atoms with E-state index in [0.29, 0.717) is 11.3 Å². The summed E-state index contributed by atoms with van der Waals surface area (Å²) in [7, 11) is 1.48. The van der Waals surface area contributed by atoms with Gasteiger partial charge >= 0.3 is 5.97 Å². The van der Waals surface area contributed by atoms with Gasteiger partial charge in [0.15, 0.2) is 0 Å². The predicted octanol–water partition coefficient (Wildman–Crippen LogP) is 2.33. The van der Waals surface area contributed by atoms with Gasteiger partial charge in [-0.05, 0) is 29.8 Å². The summed E-state index contributed by atoms with van der Waals surface area (Å²) in [6, 6.07) is 8.79. The van der Waals surface area contributed by atoms with E-state index in [0.717, 1.165) is 12.1 Å². The minimum absolute atomic E-state index is 0.0119. The van der Waals surface area contributed by atoms with E-state index in [1.165, 1.54) is 13.2 Å². The van der Waals surface area contributed by atoms with Gasteiger partial charge in [-0.15, -0.1) is 0 Å². The minimum Gasteiger partial charge on any atom is -0.497 e. The molecule has 0 heterocycles. The number of halogens is 2. The summed E-state index contributed by atoms with van der Waals surface area (Å²) in [4.78, 5) is 23.4. The van der Waals surface area contributed by atoms with E-state index in [2.05, 4.69) is 5.32 Å². The van der Waals surface area contributed by atoms with Crippen molar-refractivity contribution in [1.29, 1.82) is 0 Å². The first-order chi connectivity index (χ1) is 11.9. The van der Waals surface area contributed by atoms with Crippen LogP contribution in [0.4, 0.5) is 8.78 Å². The highest BCUT2D eigenvalue weighted by atomic mass is 19.1. The molecule has 132 valence electrons. The van der Waals surface area contributed by atoms with Crippen molar-refractivity contribution in [3.8, 4) is 5.75 Å². The molecule has 0 saturated heterocycles. The van der Waals surface area contributed by atoms with E-state index in [1.807, 2.05) is 0 Å². The molecular weight excluding hydrogens is 332 g/mol. The fraction of sp³-hybridized carbons (Fsp3) is 0.222. The summed E-state index contributed by atoms with van der Waals surface area (Å²) in [6.45, 7) is 0. The van der Waals surface area contributed by atoms with Crippen molar-refractivity contribution in [3.63, 3.8) is 0 Å². The minimum atomic E-state index is -1.25. The second kappa shape index (κ2) is 8.23. The highest BCUT2D eigenvalue weighted by Gasteiger charge is 2.22. The Balaban J connectivity index is 2.08. The molecule has 2 aromatic carbocycles. The van der Waals surface area contributed by atoms with Crippen molar-refractivity contribution in [2.24, 2.45) is 0 Å². The fourth-order valence-corrected chi connectivity index (χ4v) is 2.34. The summed E-state index contributed by atoms with van der Waals surface area (Å²) < 4.78 is 32.2. The molecule has 0 aliphatic rings. The summed E-state index contributed by atoms with van der Waals surface area (Å²) >= 11 is 0. The number of carboxylic acid groups (broad SMARTS) is 1. The molecule has 2 aromatic rings. The number of nitrogens with one attached hydrogen (secondary N) is 1. The molecule has 0 aromatic heterocycles. The Hall–Kier alpha value is -2.96. The van der Waals surface area contributed by atoms with Crippen LogP contribution in [0, 0.1) is 11.6 Å². The Kier molecular flexibility index (Phi) is 6.05. The van der Waals surface area contributed by atoms with E-state index in [4.69, 9.17) is 4.74 Å². The first kappa shape index (κ1) is 18.4. The zero-order valence-corrected chi connectivity index (χ0v) is 13.5. The van der Waals surface area contributed by atoms with Gasteiger partial charge in [0.25, 0.3) is 0 Å². The lowest BCUT2D eigenvalue weighted by Crippen LogP contribution is -2.43. The van der Waals surface area contributed by atoms with Crippen LogP contribution in [0.3, 0.4) is 0 Å². The van der Waals surface area contributed by atoms with Crippen LogP contribution in [0.1, 0.15) is 11.1 Å². The van der Waals surface area contributed by atoms with Crippen molar-refractivity contribution in [1.82, 2.24) is 5.32 Å². The summed E-state index contributed by atoms with van der Waals surface area (Å²) in [5, 5.41) is 11.6. The molecule has 7 heteroatoms. The molecule has 2 rings (SSSR count). The lowest BCUT2D eigenvalue weighted by molar-refractivity contribution is -0.141. The van der Waals surface area contributed by atoms with Crippen molar-refractivity contribution in [3.05, 3.63) is 65.2 Å². The molecule has 25 heavy (non-hydrogen) atoms. The van der Waals surface area contributed by atoms with Gasteiger partial charge < -0.3 is 15.2 Å². The number of ether oxygens (including phenoxy) is 1. The zero-order chi connectivity index (χ0) is 18.4. The van der Waals surface area contributed by atoms with Crippen LogP contribution >= 0.6 is 0 Å². The third-order valence-corrected chi connectivity index (χ3v) is 3.61. The number of hydrogen-bond acceptors (Lipinski definition) is 3. The van der Waals surface area contributed by atoms with Gasteiger partial charge in [0.2, 0.25) is 5.91 Å². The molecule has 2 N–H and O–H groups in total. The van der Waals surface area contributed by atoms with Crippen LogP contribution in [0.2, 0.25) is 0 Å². The highest BCUT2D eigenvalue weighted by Crippen LogP contribution is 2.15. The largest absolute Gasteiger partial charge is 0.497 e. The number of carbonyl (C=O) groups is 2. The average Bonchev–Trinajstić information content (AvgIpc) is 2.58. The topological polar surface area (TPSA) is 75.6 Å². The van der Waals surface area contributed by atoms with E-state index in [-0.39, 0.29) is 6.42 Å². The number of amides is 1. The maximum atomic E-state index is 13.6. The molecule has 0 aliphatic carbocycles. The Morgan fingerprint density at radius 3 is 2.40 bits per heavy atom. The monoisotopic (exact) mass is 349 g/mol. The standard InChI is InChI=1S/C18H17F2NO4/c1-25-12-5-2-4-11(8-12)9-16(18(23)24)21-17(22)10-13-14(19)6-3-7-15(13)20/h2-8,16H,9-10H2,1H3,(H,21,22)(H,23,24)/t16-/m1/s1. The molecular formula is C18H17F2NO4. The third kappa shape index (κ3) is 5.00. The van der Waals surface area contributed by atoms with Gasteiger partial charge in [-0.1, -0.05) is 18.2 Å². The predicted molar refractivity (Wildman–Crippen MR) is 86.3 cm³/mol. The molecule has 0 saturated carbocycles. The summed E-state index contributed by atoms with van der Waals surface area (Å²) in [5.41, 5.74) is 0.245. The number of benzene rings is 2. The number of hydrogen-bond donors (Lipinski definition) is 2. The van der Waals surface area contributed by atoms with E-state index < -0.39 is 41.5 Å². The molecule has 5 nitrogen and oxygen atoms in total. The van der Waals surface area contributed by atoms with Crippen molar-refractivity contribution in [2.45, 2.75) is 18.9 Å². The van der Waals surface area contributed by atoms with Gasteiger partial charge in [-0.3, -0.25) is 4.79 Å². The molecule has 0 bridgehead atoms. The molecule has 1 amide bonds. The Morgan fingerprint density at radius 2 is 1.80 bits per heavy atom. The van der Waals surface area contributed by atoms with Crippen LogP contribution in [-0.2, 0) is 22.4 Å². The fourth-order valence-electron chi connectivity index (χ4n) is 2.34. The molecule has 0 radical (unpaired) electrons. The number of methoxy groups -OCH3 is 1. The third-order valence-electron chi connectivity index (χ3n) is 3.61. The molecule has 0 unspecified atom stereocenters.